The molecule has 0 saturated heterocycles. The number of nitrogens with one attached hydrogen (secondary N) is 2. The van der Waals surface area contributed by atoms with Crippen molar-refractivity contribution in [1.82, 2.24) is 10.6 Å². The number of nitriles is 1. The van der Waals surface area contributed by atoms with E-state index in [-0.39, 0.29) is 36.3 Å². The summed E-state index contributed by atoms with van der Waals surface area (Å²) < 4.78 is 13.7. The van der Waals surface area contributed by atoms with Gasteiger partial charge in [0.15, 0.2) is 5.96 Å². The lowest BCUT2D eigenvalue weighted by atomic mass is 10.1. The molecule has 6 heteroatoms. The van der Waals surface area contributed by atoms with Gasteiger partial charge in [-0.05, 0) is 31.9 Å². The van der Waals surface area contributed by atoms with E-state index in [9.17, 15) is 4.39 Å². The smallest absolute Gasteiger partial charge is 0.191 e. The molecule has 0 bridgehead atoms. The third kappa shape index (κ3) is 4.96. The van der Waals surface area contributed by atoms with Crippen molar-refractivity contribution in [2.24, 2.45) is 4.99 Å². The van der Waals surface area contributed by atoms with Crippen molar-refractivity contribution >= 4 is 29.9 Å². The molecule has 2 rings (SSSR count). The highest BCUT2D eigenvalue weighted by Crippen LogP contribution is 2.18. The average Bonchev–Trinajstić information content (AvgIpc) is 3.21. The predicted molar refractivity (Wildman–Crippen MR) is 87.5 cm³/mol. The van der Waals surface area contributed by atoms with Crippen molar-refractivity contribution in [2.45, 2.75) is 32.4 Å². The van der Waals surface area contributed by atoms with Crippen LogP contribution in [-0.2, 0) is 6.54 Å². The molecule has 0 radical (unpaired) electrons. The van der Waals surface area contributed by atoms with Gasteiger partial charge < -0.3 is 10.6 Å². The minimum Gasteiger partial charge on any atom is -0.357 e. The Morgan fingerprint density at radius 3 is 2.80 bits per heavy atom. The first-order valence-corrected chi connectivity index (χ1v) is 6.46. The van der Waals surface area contributed by atoms with Crippen LogP contribution in [0.4, 0.5) is 4.39 Å². The summed E-state index contributed by atoms with van der Waals surface area (Å²) >= 11 is 0. The monoisotopic (exact) mass is 388 g/mol. The molecule has 108 valence electrons. The lowest BCUT2D eigenvalue weighted by molar-refractivity contribution is 0.609. The molecule has 0 spiro atoms. The molecule has 1 aromatic rings. The largest absolute Gasteiger partial charge is 0.357 e. The standard InChI is InChI=1S/C14H17FN4.HI/c1-2-17-14(19-12-5-6-12)18-9-11-4-3-10(8-16)7-13(11)15;/h3-4,7,12H,2,5-6,9H2,1H3,(H2,17,18,19);1H. The molecule has 2 N–H and O–H groups in total. The van der Waals surface area contributed by atoms with Crippen molar-refractivity contribution in [1.29, 1.82) is 5.26 Å². The zero-order valence-corrected chi connectivity index (χ0v) is 13.6. The molecular formula is C14H18FIN4. The van der Waals surface area contributed by atoms with E-state index in [2.05, 4.69) is 15.6 Å². The molecule has 20 heavy (non-hydrogen) atoms. The molecule has 1 aliphatic rings. The summed E-state index contributed by atoms with van der Waals surface area (Å²) in [5, 5.41) is 15.1. The van der Waals surface area contributed by atoms with Gasteiger partial charge in [-0.3, -0.25) is 0 Å². The lowest BCUT2D eigenvalue weighted by Gasteiger charge is -2.10. The van der Waals surface area contributed by atoms with Crippen molar-refractivity contribution in [2.75, 3.05) is 6.54 Å². The fourth-order valence-electron chi connectivity index (χ4n) is 1.65. The van der Waals surface area contributed by atoms with Crippen LogP contribution in [0.25, 0.3) is 0 Å². The highest BCUT2D eigenvalue weighted by molar-refractivity contribution is 14.0. The summed E-state index contributed by atoms with van der Waals surface area (Å²) in [5.74, 6) is 0.332. The van der Waals surface area contributed by atoms with E-state index < -0.39 is 0 Å². The SMILES string of the molecule is CCNC(=NCc1ccc(C#N)cc1F)NC1CC1.I. The Kier molecular flexibility index (Phi) is 6.71. The van der Waals surface area contributed by atoms with Crippen LogP contribution in [0.2, 0.25) is 0 Å². The molecule has 0 amide bonds. The first-order chi connectivity index (χ1) is 9.22. The van der Waals surface area contributed by atoms with Gasteiger partial charge >= 0.3 is 0 Å². The Labute approximate surface area is 135 Å². The fourth-order valence-corrected chi connectivity index (χ4v) is 1.65. The molecule has 0 aliphatic heterocycles. The zero-order valence-electron chi connectivity index (χ0n) is 11.3. The van der Waals surface area contributed by atoms with Crippen LogP contribution < -0.4 is 10.6 Å². The molecular weight excluding hydrogens is 370 g/mol. The van der Waals surface area contributed by atoms with Crippen LogP contribution >= 0.6 is 24.0 Å². The van der Waals surface area contributed by atoms with E-state index in [4.69, 9.17) is 5.26 Å². The summed E-state index contributed by atoms with van der Waals surface area (Å²) in [6, 6.07) is 6.88. The first-order valence-electron chi connectivity index (χ1n) is 6.46. The van der Waals surface area contributed by atoms with Crippen LogP contribution in [0.5, 0.6) is 0 Å². The Balaban J connectivity index is 0.00000200. The van der Waals surface area contributed by atoms with Crippen LogP contribution in [0.1, 0.15) is 30.9 Å². The Morgan fingerprint density at radius 2 is 2.25 bits per heavy atom. The Hall–Kier alpha value is -1.36. The molecule has 0 aromatic heterocycles. The fraction of sp³-hybridized carbons (Fsp3) is 0.429. The van der Waals surface area contributed by atoms with E-state index in [0.717, 1.165) is 19.4 Å². The molecule has 0 heterocycles. The second-order valence-corrected chi connectivity index (χ2v) is 4.53. The van der Waals surface area contributed by atoms with Crippen molar-refractivity contribution < 1.29 is 4.39 Å². The minimum atomic E-state index is -0.384. The summed E-state index contributed by atoms with van der Waals surface area (Å²) in [4.78, 5) is 4.35. The van der Waals surface area contributed by atoms with E-state index in [0.29, 0.717) is 23.1 Å². The normalized spacial score (nSPS) is 14.2. The van der Waals surface area contributed by atoms with Crippen LogP contribution in [0, 0.1) is 17.1 Å². The molecule has 1 aromatic carbocycles. The summed E-state index contributed by atoms with van der Waals surface area (Å²) in [5.41, 5.74) is 0.820. The molecule has 4 nitrogen and oxygen atoms in total. The number of rotatable bonds is 4. The molecule has 0 unspecified atom stereocenters. The van der Waals surface area contributed by atoms with Gasteiger partial charge in [-0.1, -0.05) is 6.07 Å². The number of halogens is 2. The quantitative estimate of drug-likeness (QED) is 0.474. The van der Waals surface area contributed by atoms with Gasteiger partial charge in [0.2, 0.25) is 0 Å². The van der Waals surface area contributed by atoms with Gasteiger partial charge in [-0.25, -0.2) is 9.38 Å². The topological polar surface area (TPSA) is 60.2 Å². The Bertz CT molecular complexity index is 520. The maximum absolute atomic E-state index is 13.7. The number of hydrogen-bond donors (Lipinski definition) is 2. The summed E-state index contributed by atoms with van der Waals surface area (Å²) in [7, 11) is 0. The Morgan fingerprint density at radius 1 is 1.50 bits per heavy atom. The maximum atomic E-state index is 13.7. The minimum absolute atomic E-state index is 0. The molecule has 1 fully saturated rings. The van der Waals surface area contributed by atoms with Gasteiger partial charge in [0.1, 0.15) is 5.82 Å². The van der Waals surface area contributed by atoms with Crippen molar-refractivity contribution in [3.63, 3.8) is 0 Å². The van der Waals surface area contributed by atoms with Gasteiger partial charge in [-0.2, -0.15) is 5.26 Å². The van der Waals surface area contributed by atoms with Crippen LogP contribution in [0.3, 0.4) is 0 Å². The third-order valence-electron chi connectivity index (χ3n) is 2.85. The van der Waals surface area contributed by atoms with Crippen molar-refractivity contribution in [3.05, 3.63) is 35.1 Å². The molecule has 0 atom stereocenters. The van der Waals surface area contributed by atoms with Crippen LogP contribution in [0.15, 0.2) is 23.2 Å². The molecule has 1 saturated carbocycles. The number of nitrogens with zero attached hydrogens (tertiary/aromatic N) is 2. The van der Waals surface area contributed by atoms with Crippen molar-refractivity contribution in [3.8, 4) is 6.07 Å². The van der Waals surface area contributed by atoms with E-state index in [1.165, 1.54) is 6.07 Å². The zero-order chi connectivity index (χ0) is 13.7. The second-order valence-electron chi connectivity index (χ2n) is 4.53. The number of benzene rings is 1. The van der Waals surface area contributed by atoms with E-state index >= 15 is 0 Å². The van der Waals surface area contributed by atoms with Gasteiger partial charge in [0.05, 0.1) is 18.2 Å². The van der Waals surface area contributed by atoms with E-state index in [1.54, 1.807) is 12.1 Å². The van der Waals surface area contributed by atoms with Gasteiger partial charge in [-0.15, -0.1) is 24.0 Å². The van der Waals surface area contributed by atoms with Gasteiger partial charge in [0, 0.05) is 18.2 Å². The highest BCUT2D eigenvalue weighted by atomic mass is 127. The lowest BCUT2D eigenvalue weighted by Crippen LogP contribution is -2.38. The van der Waals surface area contributed by atoms with Crippen LogP contribution in [-0.4, -0.2) is 18.5 Å². The average molecular weight is 388 g/mol. The number of aliphatic imine (C=N–C) groups is 1. The third-order valence-corrected chi connectivity index (χ3v) is 2.85. The summed E-state index contributed by atoms with van der Waals surface area (Å²) in [6.07, 6.45) is 2.32. The predicted octanol–water partition coefficient (Wildman–Crippen LogP) is 2.53. The van der Waals surface area contributed by atoms with E-state index in [1.807, 2.05) is 13.0 Å². The first kappa shape index (κ1) is 16.7. The second kappa shape index (κ2) is 8.04. The highest BCUT2D eigenvalue weighted by Gasteiger charge is 2.22. The number of hydrogen-bond acceptors (Lipinski definition) is 2. The summed E-state index contributed by atoms with van der Waals surface area (Å²) in [6.45, 7) is 3.03. The van der Waals surface area contributed by atoms with Gasteiger partial charge in [0.25, 0.3) is 0 Å². The molecule has 1 aliphatic carbocycles. The number of guanidine groups is 1. The maximum Gasteiger partial charge on any atom is 0.191 e.